The molecule has 0 bridgehead atoms. The van der Waals surface area contributed by atoms with Gasteiger partial charge in [0.2, 0.25) is 0 Å². The van der Waals surface area contributed by atoms with Crippen LogP contribution in [0, 0.1) is 0 Å². The van der Waals surface area contributed by atoms with Crippen molar-refractivity contribution in [2.24, 2.45) is 0 Å². The van der Waals surface area contributed by atoms with Crippen molar-refractivity contribution in [2.45, 2.75) is 127 Å². The first kappa shape index (κ1) is 21.5. The molecule has 1 aromatic rings. The van der Waals surface area contributed by atoms with Crippen LogP contribution in [-0.4, -0.2) is 0 Å². The van der Waals surface area contributed by atoms with Crippen molar-refractivity contribution >= 4 is 11.4 Å². The normalized spacial score (nSPS) is 22.6. The highest BCUT2D eigenvalue weighted by molar-refractivity contribution is 5.64. The summed E-state index contributed by atoms with van der Waals surface area (Å²) in [4.78, 5) is 0. The Balaban J connectivity index is 1.87. The van der Waals surface area contributed by atoms with E-state index in [1.807, 2.05) is 0 Å². The van der Waals surface area contributed by atoms with E-state index in [1.165, 1.54) is 127 Å². The van der Waals surface area contributed by atoms with E-state index >= 15 is 0 Å². The van der Waals surface area contributed by atoms with Crippen LogP contribution in [0.2, 0.25) is 0 Å². The minimum absolute atomic E-state index is 0.618. The monoisotopic (exact) mass is 384 g/mol. The topological polar surface area (TPSA) is 52.0 Å². The summed E-state index contributed by atoms with van der Waals surface area (Å²) in [5, 5.41) is 0. The molecule has 0 amide bonds. The molecule has 2 heteroatoms. The van der Waals surface area contributed by atoms with E-state index in [9.17, 15) is 0 Å². The lowest BCUT2D eigenvalue weighted by Gasteiger charge is -2.29. The summed E-state index contributed by atoms with van der Waals surface area (Å²) in [6.45, 7) is 0. The van der Waals surface area contributed by atoms with E-state index in [2.05, 4.69) is 12.1 Å². The molecule has 3 rings (SSSR count). The van der Waals surface area contributed by atoms with Crippen LogP contribution >= 0.6 is 0 Å². The lowest BCUT2D eigenvalue weighted by Crippen LogP contribution is -2.14. The van der Waals surface area contributed by atoms with Crippen molar-refractivity contribution in [1.29, 1.82) is 0 Å². The Labute approximate surface area is 173 Å². The van der Waals surface area contributed by atoms with Gasteiger partial charge in [-0.15, -0.1) is 0 Å². The fourth-order valence-corrected chi connectivity index (χ4v) is 5.78. The number of rotatable bonds is 2. The van der Waals surface area contributed by atoms with Crippen LogP contribution in [0.3, 0.4) is 0 Å². The van der Waals surface area contributed by atoms with Crippen molar-refractivity contribution in [2.75, 3.05) is 11.5 Å². The molecule has 4 N–H and O–H groups in total. The zero-order valence-electron chi connectivity index (χ0n) is 18.2. The number of hydrogen-bond donors (Lipinski definition) is 2. The lowest BCUT2D eigenvalue weighted by atomic mass is 9.77. The Kier molecular flexibility index (Phi) is 9.02. The molecular formula is C26H44N2. The second kappa shape index (κ2) is 11.7. The molecule has 0 heterocycles. The van der Waals surface area contributed by atoms with Gasteiger partial charge in [0.25, 0.3) is 0 Å². The minimum Gasteiger partial charge on any atom is -0.398 e. The molecule has 0 radical (unpaired) electrons. The van der Waals surface area contributed by atoms with Gasteiger partial charge in [-0.3, -0.25) is 0 Å². The predicted octanol–water partition coefficient (Wildman–Crippen LogP) is 8.07. The first-order chi connectivity index (χ1) is 13.8. The predicted molar refractivity (Wildman–Crippen MR) is 124 cm³/mol. The van der Waals surface area contributed by atoms with Crippen LogP contribution in [0.4, 0.5) is 11.4 Å². The van der Waals surface area contributed by atoms with Crippen LogP contribution in [0.25, 0.3) is 0 Å². The van der Waals surface area contributed by atoms with Gasteiger partial charge in [-0.05, 0) is 60.8 Å². The minimum atomic E-state index is 0.618. The molecule has 2 aliphatic carbocycles. The molecule has 2 fully saturated rings. The summed E-state index contributed by atoms with van der Waals surface area (Å²) in [5.41, 5.74) is 18.3. The zero-order chi connectivity index (χ0) is 19.6. The molecule has 0 unspecified atom stereocenters. The number of anilines is 2. The molecule has 2 nitrogen and oxygen atoms in total. The molecule has 0 spiro atoms. The average molecular weight is 385 g/mol. The Morgan fingerprint density at radius 1 is 0.429 bits per heavy atom. The first-order valence-corrected chi connectivity index (χ1v) is 12.4. The average Bonchev–Trinajstić information content (AvgIpc) is 2.72. The SMILES string of the molecule is Nc1ccc(N)c(C2CCCCCCCCC2)c1C1CCCCCCCCC1. The summed E-state index contributed by atoms with van der Waals surface area (Å²) in [5.74, 6) is 1.24. The number of nitrogen functional groups attached to an aromatic ring is 2. The summed E-state index contributed by atoms with van der Waals surface area (Å²) in [6, 6.07) is 4.18. The molecular weight excluding hydrogens is 340 g/mol. The van der Waals surface area contributed by atoms with Crippen LogP contribution in [0.15, 0.2) is 12.1 Å². The van der Waals surface area contributed by atoms with Crippen molar-refractivity contribution in [3.05, 3.63) is 23.3 Å². The highest BCUT2D eigenvalue weighted by atomic mass is 14.6. The van der Waals surface area contributed by atoms with E-state index in [-0.39, 0.29) is 0 Å². The third-order valence-electron chi connectivity index (χ3n) is 7.38. The van der Waals surface area contributed by atoms with Crippen LogP contribution < -0.4 is 11.5 Å². The van der Waals surface area contributed by atoms with E-state index < -0.39 is 0 Å². The Morgan fingerprint density at radius 3 is 0.964 bits per heavy atom. The Bertz CT molecular complexity index is 509. The second-order valence-electron chi connectivity index (χ2n) is 9.57. The molecule has 0 aromatic heterocycles. The van der Waals surface area contributed by atoms with Crippen molar-refractivity contribution in [3.8, 4) is 0 Å². The standard InChI is InChI=1S/C26H44N2/c27-23-19-20-24(28)26(22-17-13-9-5-2-6-10-14-18-22)25(23)21-15-11-7-3-1-4-8-12-16-21/h19-22H,1-18,27-28H2. The van der Waals surface area contributed by atoms with Gasteiger partial charge in [0.15, 0.2) is 0 Å². The summed E-state index contributed by atoms with van der Waals surface area (Å²) >= 11 is 0. The van der Waals surface area contributed by atoms with Gasteiger partial charge in [0, 0.05) is 11.4 Å². The van der Waals surface area contributed by atoms with E-state index in [0.717, 1.165) is 11.4 Å². The fraction of sp³-hybridized carbons (Fsp3) is 0.769. The van der Waals surface area contributed by atoms with E-state index in [1.54, 1.807) is 0 Å². The molecule has 2 saturated carbocycles. The molecule has 28 heavy (non-hydrogen) atoms. The van der Waals surface area contributed by atoms with Crippen molar-refractivity contribution in [1.82, 2.24) is 0 Å². The molecule has 1 aromatic carbocycles. The summed E-state index contributed by atoms with van der Waals surface area (Å²) in [7, 11) is 0. The van der Waals surface area contributed by atoms with Gasteiger partial charge in [0.1, 0.15) is 0 Å². The number of hydrogen-bond acceptors (Lipinski definition) is 2. The lowest BCUT2D eigenvalue weighted by molar-refractivity contribution is 0.444. The highest BCUT2D eigenvalue weighted by Crippen LogP contribution is 2.43. The zero-order valence-corrected chi connectivity index (χ0v) is 18.2. The fourth-order valence-electron chi connectivity index (χ4n) is 5.78. The molecule has 2 aliphatic rings. The Morgan fingerprint density at radius 2 is 0.679 bits per heavy atom. The number of nitrogens with two attached hydrogens (primary N) is 2. The second-order valence-corrected chi connectivity index (χ2v) is 9.57. The third-order valence-corrected chi connectivity index (χ3v) is 7.38. The van der Waals surface area contributed by atoms with Gasteiger partial charge in [-0.25, -0.2) is 0 Å². The van der Waals surface area contributed by atoms with Crippen LogP contribution in [-0.2, 0) is 0 Å². The molecule has 0 saturated heterocycles. The van der Waals surface area contributed by atoms with Gasteiger partial charge < -0.3 is 11.5 Å². The number of benzene rings is 1. The maximum atomic E-state index is 6.66. The third kappa shape index (κ3) is 6.16. The maximum Gasteiger partial charge on any atom is 0.0353 e. The van der Waals surface area contributed by atoms with E-state index in [0.29, 0.717) is 11.8 Å². The molecule has 0 atom stereocenters. The van der Waals surface area contributed by atoms with Crippen molar-refractivity contribution < 1.29 is 0 Å². The molecule has 0 aliphatic heterocycles. The van der Waals surface area contributed by atoms with Gasteiger partial charge in [-0.2, -0.15) is 0 Å². The highest BCUT2D eigenvalue weighted by Gasteiger charge is 2.25. The van der Waals surface area contributed by atoms with Crippen LogP contribution in [0.5, 0.6) is 0 Å². The molecule has 158 valence electrons. The van der Waals surface area contributed by atoms with Gasteiger partial charge in [-0.1, -0.05) is 89.9 Å². The van der Waals surface area contributed by atoms with Gasteiger partial charge in [0.05, 0.1) is 0 Å². The summed E-state index contributed by atoms with van der Waals surface area (Å²) in [6.07, 6.45) is 24.6. The first-order valence-electron chi connectivity index (χ1n) is 12.4. The van der Waals surface area contributed by atoms with Crippen LogP contribution in [0.1, 0.15) is 139 Å². The largest absolute Gasteiger partial charge is 0.398 e. The quantitative estimate of drug-likeness (QED) is 0.506. The van der Waals surface area contributed by atoms with E-state index in [4.69, 9.17) is 11.5 Å². The summed E-state index contributed by atoms with van der Waals surface area (Å²) < 4.78 is 0. The Hall–Kier alpha value is -1.18. The smallest absolute Gasteiger partial charge is 0.0353 e. The van der Waals surface area contributed by atoms with Gasteiger partial charge >= 0.3 is 0 Å². The maximum absolute atomic E-state index is 6.66. The van der Waals surface area contributed by atoms with Crippen molar-refractivity contribution in [3.63, 3.8) is 0 Å².